The number of nitrogens with one attached hydrogen (secondary N) is 1. The van der Waals surface area contributed by atoms with E-state index in [0.29, 0.717) is 23.9 Å². The summed E-state index contributed by atoms with van der Waals surface area (Å²) in [6, 6.07) is 7.83. The van der Waals surface area contributed by atoms with E-state index in [-0.39, 0.29) is 5.92 Å². The number of allylic oxidation sites excluding steroid dienone is 1. The number of carboxylic acids is 1. The Hall–Kier alpha value is -1.89. The molecule has 0 aromatic heterocycles. The Morgan fingerprint density at radius 1 is 1.41 bits per heavy atom. The molecule has 6 heteroatoms. The molecule has 0 amide bonds. The zero-order valence-electron chi connectivity index (χ0n) is 15.8. The minimum Gasteiger partial charge on any atom is -0.481 e. The lowest BCUT2D eigenvalue weighted by molar-refractivity contribution is -0.944. The average molecular weight is 371 g/mol. The lowest BCUT2D eigenvalue weighted by Crippen LogP contribution is -2.78. The second-order valence-electron chi connectivity index (χ2n) is 8.97. The largest absolute Gasteiger partial charge is 0.481 e. The van der Waals surface area contributed by atoms with Crippen molar-refractivity contribution in [1.82, 2.24) is 0 Å². The van der Waals surface area contributed by atoms with E-state index < -0.39 is 35.2 Å². The highest BCUT2D eigenvalue weighted by Crippen LogP contribution is 2.73. The highest BCUT2D eigenvalue weighted by molar-refractivity contribution is 5.84. The second-order valence-corrected chi connectivity index (χ2v) is 8.97. The Balaban J connectivity index is 1.97. The number of hydrogen-bond donors (Lipinski definition) is 4. The number of aliphatic hydroxyl groups excluding tert-OH is 2. The molecule has 6 rings (SSSR count). The number of fused-ring (bicyclic) bond motifs is 3. The Kier molecular flexibility index (Phi) is 3.14. The molecule has 1 aromatic rings. The number of rotatable bonds is 2. The topological polar surface area (TPSA) is 89.8 Å². The monoisotopic (exact) mass is 371 g/mol. The predicted octanol–water partition coefficient (Wildman–Crippen LogP) is 1.30. The number of aliphatic carboxylic acids is 1. The van der Waals surface area contributed by atoms with Crippen molar-refractivity contribution in [1.29, 1.82) is 0 Å². The van der Waals surface area contributed by atoms with Crippen LogP contribution in [-0.2, 0) is 10.2 Å². The number of nitrogens with zero attached hydrogens (tertiary/aromatic N) is 1. The van der Waals surface area contributed by atoms with Crippen molar-refractivity contribution in [2.75, 3.05) is 32.1 Å². The van der Waals surface area contributed by atoms with Crippen LogP contribution in [0.15, 0.2) is 35.9 Å². The van der Waals surface area contributed by atoms with Crippen LogP contribution >= 0.6 is 0 Å². The molecule has 27 heavy (non-hydrogen) atoms. The zero-order chi connectivity index (χ0) is 19.2. The summed E-state index contributed by atoms with van der Waals surface area (Å²) in [6.45, 7) is 2.96. The Morgan fingerprint density at radius 3 is 2.81 bits per heavy atom. The lowest BCUT2D eigenvalue weighted by atomic mass is 9.45. The fraction of sp³-hybridized carbons (Fsp3) is 0.571. The van der Waals surface area contributed by atoms with Gasteiger partial charge in [0.2, 0.25) is 5.66 Å². The van der Waals surface area contributed by atoms with Crippen LogP contribution in [0.5, 0.6) is 0 Å². The van der Waals surface area contributed by atoms with Crippen LogP contribution in [0.1, 0.15) is 25.3 Å². The molecule has 3 unspecified atom stereocenters. The Labute approximate surface area is 158 Å². The van der Waals surface area contributed by atoms with E-state index in [4.69, 9.17) is 0 Å². The molecule has 1 aliphatic carbocycles. The molecule has 1 saturated carbocycles. The van der Waals surface area contributed by atoms with Gasteiger partial charge in [0.05, 0.1) is 25.6 Å². The second kappa shape index (κ2) is 4.93. The molecule has 6 atom stereocenters. The van der Waals surface area contributed by atoms with Gasteiger partial charge in [0.15, 0.2) is 0 Å². The summed E-state index contributed by atoms with van der Waals surface area (Å²) in [6.07, 6.45) is 2.29. The van der Waals surface area contributed by atoms with Crippen LogP contribution in [0.4, 0.5) is 5.69 Å². The van der Waals surface area contributed by atoms with E-state index in [1.807, 2.05) is 37.3 Å². The summed E-state index contributed by atoms with van der Waals surface area (Å²) in [5, 5.41) is 36.4. The number of aliphatic hydroxyl groups is 2. The van der Waals surface area contributed by atoms with Crippen molar-refractivity contribution >= 4 is 11.7 Å². The van der Waals surface area contributed by atoms with Gasteiger partial charge in [0.25, 0.3) is 0 Å². The number of likely N-dealkylation sites (N-methyl/N-ethyl adjacent to an activating group) is 1. The number of benzene rings is 1. The van der Waals surface area contributed by atoms with Crippen LogP contribution in [0.3, 0.4) is 0 Å². The van der Waals surface area contributed by atoms with Gasteiger partial charge in [-0.2, -0.15) is 0 Å². The molecule has 0 radical (unpaired) electrons. The van der Waals surface area contributed by atoms with Crippen molar-refractivity contribution in [3.63, 3.8) is 0 Å². The smallest absolute Gasteiger partial charge is 0.313 e. The highest BCUT2D eigenvalue weighted by Gasteiger charge is 2.87. The van der Waals surface area contributed by atoms with Gasteiger partial charge in [-0.3, -0.25) is 9.28 Å². The summed E-state index contributed by atoms with van der Waals surface area (Å²) in [5.41, 5.74) is -0.204. The van der Waals surface area contributed by atoms with Gasteiger partial charge in [0.1, 0.15) is 18.1 Å². The summed E-state index contributed by atoms with van der Waals surface area (Å²) in [4.78, 5) is 13.0. The highest BCUT2D eigenvalue weighted by atomic mass is 16.4. The third-order valence-corrected chi connectivity index (χ3v) is 8.47. The van der Waals surface area contributed by atoms with Gasteiger partial charge in [-0.15, -0.1) is 0 Å². The maximum atomic E-state index is 13.0. The minimum absolute atomic E-state index is 0.350. The molecule has 4 fully saturated rings. The third kappa shape index (κ3) is 1.45. The van der Waals surface area contributed by atoms with Crippen LogP contribution in [-0.4, -0.2) is 64.3 Å². The van der Waals surface area contributed by atoms with Crippen LogP contribution in [0, 0.1) is 11.3 Å². The van der Waals surface area contributed by atoms with Gasteiger partial charge in [-0.25, -0.2) is 0 Å². The van der Waals surface area contributed by atoms with E-state index in [1.54, 1.807) is 0 Å². The van der Waals surface area contributed by atoms with Crippen molar-refractivity contribution in [2.45, 2.75) is 36.9 Å². The number of quaternary nitrogens is 1. The molecule has 144 valence electrons. The molecule has 4 N–H and O–H groups in total. The van der Waals surface area contributed by atoms with Gasteiger partial charge in [-0.05, 0) is 30.5 Å². The molecular weight excluding hydrogens is 344 g/mol. The number of hydrogen-bond acceptors (Lipinski definition) is 4. The van der Waals surface area contributed by atoms with Crippen LogP contribution < -0.4 is 5.32 Å². The number of anilines is 1. The first-order valence-electron chi connectivity index (χ1n) is 9.74. The van der Waals surface area contributed by atoms with Crippen LogP contribution in [0.25, 0.3) is 0 Å². The molecular formula is C21H27N2O4+. The maximum absolute atomic E-state index is 13.0. The molecule has 1 aromatic carbocycles. The minimum atomic E-state index is -1.36. The van der Waals surface area contributed by atoms with Gasteiger partial charge in [-0.1, -0.05) is 24.3 Å². The maximum Gasteiger partial charge on any atom is 0.313 e. The zero-order valence-corrected chi connectivity index (χ0v) is 15.8. The van der Waals surface area contributed by atoms with Gasteiger partial charge in [0, 0.05) is 18.0 Å². The fourth-order valence-corrected chi connectivity index (χ4v) is 7.54. The lowest BCUT2D eigenvalue weighted by Gasteiger charge is -2.58. The van der Waals surface area contributed by atoms with Crippen molar-refractivity contribution in [2.24, 2.45) is 11.3 Å². The van der Waals surface area contributed by atoms with E-state index in [0.717, 1.165) is 23.4 Å². The summed E-state index contributed by atoms with van der Waals surface area (Å²) in [5.74, 6) is -1.35. The number of carbonyl (C=O) groups is 1. The van der Waals surface area contributed by atoms with E-state index in [1.165, 1.54) is 0 Å². The number of para-hydroxylation sites is 1. The molecule has 4 aliphatic heterocycles. The first-order valence-corrected chi connectivity index (χ1v) is 9.74. The van der Waals surface area contributed by atoms with Gasteiger partial charge < -0.3 is 20.6 Å². The first-order chi connectivity index (χ1) is 12.8. The SMILES string of the molecule is C/C=C1/C[N+]2(C)CC[C@@]34c5ccccc5NC32C(O)C[C@@H]1[C@]4(CO)C(=O)O. The normalized spacial score (nSPS) is 48.1. The average Bonchev–Trinajstić information content (AvgIpc) is 3.06. The Morgan fingerprint density at radius 2 is 2.15 bits per heavy atom. The molecule has 1 spiro atoms. The quantitative estimate of drug-likeness (QED) is 0.465. The van der Waals surface area contributed by atoms with Gasteiger partial charge >= 0.3 is 5.97 Å². The summed E-state index contributed by atoms with van der Waals surface area (Å²) in [7, 11) is 2.13. The van der Waals surface area contributed by atoms with E-state index in [2.05, 4.69) is 12.4 Å². The third-order valence-electron chi connectivity index (χ3n) is 8.47. The summed E-state index contributed by atoms with van der Waals surface area (Å²) >= 11 is 0. The predicted molar refractivity (Wildman–Crippen MR) is 100 cm³/mol. The standard InChI is InChI=1S/C21H26N2O4/c1-3-13-11-23(2)9-8-20-14-6-4-5-7-16(14)22-21(20,23)17(25)10-15(13)19(20,12-24)18(26)27/h3-7,15,17,22,24-25H,8-12H2,1-2H3/p+1/b13-3-/t15-,17?,19+,20-,21?,23?/m0/s1. The molecule has 4 heterocycles. The molecule has 3 saturated heterocycles. The van der Waals surface area contributed by atoms with Crippen molar-refractivity contribution in [3.8, 4) is 0 Å². The van der Waals surface area contributed by atoms with Crippen LogP contribution in [0.2, 0.25) is 0 Å². The molecule has 5 aliphatic rings. The molecule has 6 nitrogen and oxygen atoms in total. The fourth-order valence-electron chi connectivity index (χ4n) is 7.54. The first kappa shape index (κ1) is 17.2. The summed E-state index contributed by atoms with van der Waals surface area (Å²) < 4.78 is 0.550. The van der Waals surface area contributed by atoms with Crippen molar-refractivity contribution in [3.05, 3.63) is 41.5 Å². The van der Waals surface area contributed by atoms with Crippen molar-refractivity contribution < 1.29 is 24.6 Å². The van der Waals surface area contributed by atoms with E-state index in [9.17, 15) is 20.1 Å². The number of carboxylic acid groups (broad SMARTS) is 1. The Bertz CT molecular complexity index is 885. The molecule has 4 bridgehead atoms. The van der Waals surface area contributed by atoms with E-state index >= 15 is 0 Å².